The first-order valence-corrected chi connectivity index (χ1v) is 7.51. The van der Waals surface area contributed by atoms with Crippen LogP contribution in [0.15, 0.2) is 36.4 Å². The van der Waals surface area contributed by atoms with E-state index >= 15 is 0 Å². The molecular formula is C17H19Cl2N. The van der Waals surface area contributed by atoms with E-state index in [0.717, 1.165) is 22.7 Å². The van der Waals surface area contributed by atoms with Gasteiger partial charge in [-0.2, -0.15) is 0 Å². The maximum Gasteiger partial charge on any atom is 0.0485 e. The van der Waals surface area contributed by atoms with Gasteiger partial charge in [-0.1, -0.05) is 55.2 Å². The summed E-state index contributed by atoms with van der Waals surface area (Å²) in [6.07, 6.45) is 0. The summed E-state index contributed by atoms with van der Waals surface area (Å²) in [6, 6.07) is 12.5. The van der Waals surface area contributed by atoms with E-state index in [4.69, 9.17) is 23.2 Å². The second kappa shape index (κ2) is 6.62. The molecular weight excluding hydrogens is 289 g/mol. The van der Waals surface area contributed by atoms with Crippen molar-refractivity contribution in [2.75, 3.05) is 0 Å². The smallest absolute Gasteiger partial charge is 0.0485 e. The van der Waals surface area contributed by atoms with Crippen molar-refractivity contribution in [1.82, 2.24) is 5.32 Å². The Morgan fingerprint density at radius 2 is 1.75 bits per heavy atom. The molecule has 0 saturated heterocycles. The Morgan fingerprint density at radius 3 is 2.40 bits per heavy atom. The van der Waals surface area contributed by atoms with Gasteiger partial charge in [0.25, 0.3) is 0 Å². The minimum Gasteiger partial charge on any atom is -0.310 e. The molecule has 0 saturated carbocycles. The van der Waals surface area contributed by atoms with Gasteiger partial charge in [-0.05, 0) is 41.8 Å². The lowest BCUT2D eigenvalue weighted by Crippen LogP contribution is -2.21. The molecule has 0 aliphatic rings. The summed E-state index contributed by atoms with van der Waals surface area (Å²) in [5.41, 5.74) is 4.60. The lowest BCUT2D eigenvalue weighted by Gasteiger charge is -2.12. The van der Waals surface area contributed by atoms with Crippen LogP contribution < -0.4 is 5.32 Å². The number of rotatable bonds is 4. The van der Waals surface area contributed by atoms with Gasteiger partial charge in [-0.3, -0.25) is 0 Å². The van der Waals surface area contributed by atoms with Crippen molar-refractivity contribution < 1.29 is 0 Å². The molecule has 20 heavy (non-hydrogen) atoms. The zero-order valence-corrected chi connectivity index (χ0v) is 13.5. The SMILES string of the molecule is Cc1cc(CNC(C)C)ccc1-c1cc(Cl)ccc1Cl. The van der Waals surface area contributed by atoms with E-state index < -0.39 is 0 Å². The molecule has 0 atom stereocenters. The zero-order valence-electron chi connectivity index (χ0n) is 12.0. The fourth-order valence-corrected chi connectivity index (χ4v) is 2.56. The first-order chi connectivity index (χ1) is 9.47. The Kier molecular flexibility index (Phi) is 5.09. The highest BCUT2D eigenvalue weighted by atomic mass is 35.5. The number of aryl methyl sites for hydroxylation is 1. The zero-order chi connectivity index (χ0) is 14.7. The molecule has 0 fully saturated rings. The second-order valence-electron chi connectivity index (χ2n) is 5.31. The van der Waals surface area contributed by atoms with Gasteiger partial charge in [0.15, 0.2) is 0 Å². The summed E-state index contributed by atoms with van der Waals surface area (Å²) in [7, 11) is 0. The van der Waals surface area contributed by atoms with Crippen LogP contribution in [0.4, 0.5) is 0 Å². The maximum absolute atomic E-state index is 6.27. The summed E-state index contributed by atoms with van der Waals surface area (Å²) in [5, 5.41) is 4.85. The van der Waals surface area contributed by atoms with Crippen molar-refractivity contribution >= 4 is 23.2 Å². The van der Waals surface area contributed by atoms with Crippen LogP contribution in [-0.2, 0) is 6.54 Å². The molecule has 0 aromatic heterocycles. The van der Waals surface area contributed by atoms with Gasteiger partial charge in [-0.15, -0.1) is 0 Å². The van der Waals surface area contributed by atoms with E-state index in [2.05, 4.69) is 44.3 Å². The van der Waals surface area contributed by atoms with Crippen LogP contribution >= 0.6 is 23.2 Å². The summed E-state index contributed by atoms with van der Waals surface area (Å²) < 4.78 is 0. The van der Waals surface area contributed by atoms with Gasteiger partial charge in [0.2, 0.25) is 0 Å². The molecule has 0 amide bonds. The monoisotopic (exact) mass is 307 g/mol. The molecule has 0 radical (unpaired) electrons. The largest absolute Gasteiger partial charge is 0.310 e. The Labute approximate surface area is 130 Å². The fourth-order valence-electron chi connectivity index (χ4n) is 2.16. The predicted octanol–water partition coefficient (Wildman–Crippen LogP) is 5.47. The molecule has 1 nitrogen and oxygen atoms in total. The highest BCUT2D eigenvalue weighted by Gasteiger charge is 2.08. The molecule has 0 bridgehead atoms. The van der Waals surface area contributed by atoms with E-state index in [1.165, 1.54) is 11.1 Å². The van der Waals surface area contributed by atoms with Crippen molar-refractivity contribution in [2.45, 2.75) is 33.4 Å². The summed E-state index contributed by atoms with van der Waals surface area (Å²) in [4.78, 5) is 0. The number of hydrogen-bond acceptors (Lipinski definition) is 1. The summed E-state index contributed by atoms with van der Waals surface area (Å²) >= 11 is 12.3. The summed E-state index contributed by atoms with van der Waals surface area (Å²) in [5.74, 6) is 0. The maximum atomic E-state index is 6.27. The fraction of sp³-hybridized carbons (Fsp3) is 0.294. The minimum absolute atomic E-state index is 0.484. The van der Waals surface area contributed by atoms with Crippen molar-refractivity contribution in [2.24, 2.45) is 0 Å². The molecule has 0 spiro atoms. The molecule has 2 rings (SSSR count). The minimum atomic E-state index is 0.484. The standard InChI is InChI=1S/C17H19Cl2N/c1-11(2)20-10-13-4-6-15(12(3)8-13)16-9-14(18)5-7-17(16)19/h4-9,11,20H,10H2,1-3H3. The van der Waals surface area contributed by atoms with E-state index in [9.17, 15) is 0 Å². The van der Waals surface area contributed by atoms with Crippen molar-refractivity contribution in [1.29, 1.82) is 0 Å². The van der Waals surface area contributed by atoms with E-state index in [1.807, 2.05) is 18.2 Å². The second-order valence-corrected chi connectivity index (χ2v) is 6.15. The third-order valence-electron chi connectivity index (χ3n) is 3.22. The first kappa shape index (κ1) is 15.4. The van der Waals surface area contributed by atoms with Crippen LogP contribution in [0.3, 0.4) is 0 Å². The van der Waals surface area contributed by atoms with Gasteiger partial charge in [-0.25, -0.2) is 0 Å². The van der Waals surface area contributed by atoms with Crippen LogP contribution in [-0.4, -0.2) is 6.04 Å². The van der Waals surface area contributed by atoms with Crippen LogP contribution in [0, 0.1) is 6.92 Å². The van der Waals surface area contributed by atoms with Crippen molar-refractivity contribution in [3.8, 4) is 11.1 Å². The van der Waals surface area contributed by atoms with E-state index in [1.54, 1.807) is 0 Å². The van der Waals surface area contributed by atoms with Crippen LogP contribution in [0.5, 0.6) is 0 Å². The lowest BCUT2D eigenvalue weighted by molar-refractivity contribution is 0.589. The highest BCUT2D eigenvalue weighted by Crippen LogP contribution is 2.32. The summed E-state index contributed by atoms with van der Waals surface area (Å²) in [6.45, 7) is 7.27. The van der Waals surface area contributed by atoms with Crippen molar-refractivity contribution in [3.05, 3.63) is 57.6 Å². The van der Waals surface area contributed by atoms with Gasteiger partial charge in [0, 0.05) is 28.2 Å². The van der Waals surface area contributed by atoms with Crippen LogP contribution in [0.2, 0.25) is 10.0 Å². The Morgan fingerprint density at radius 1 is 1.00 bits per heavy atom. The molecule has 2 aromatic carbocycles. The topological polar surface area (TPSA) is 12.0 Å². The highest BCUT2D eigenvalue weighted by molar-refractivity contribution is 6.35. The molecule has 0 aliphatic carbocycles. The van der Waals surface area contributed by atoms with Gasteiger partial charge < -0.3 is 5.32 Å². The van der Waals surface area contributed by atoms with Gasteiger partial charge in [0.1, 0.15) is 0 Å². The number of hydrogen-bond donors (Lipinski definition) is 1. The van der Waals surface area contributed by atoms with Crippen molar-refractivity contribution in [3.63, 3.8) is 0 Å². The van der Waals surface area contributed by atoms with E-state index in [0.29, 0.717) is 11.1 Å². The Balaban J connectivity index is 2.32. The van der Waals surface area contributed by atoms with Crippen LogP contribution in [0.1, 0.15) is 25.0 Å². The molecule has 0 heterocycles. The normalized spacial score (nSPS) is 11.1. The lowest BCUT2D eigenvalue weighted by atomic mass is 9.98. The molecule has 2 aromatic rings. The van der Waals surface area contributed by atoms with E-state index in [-0.39, 0.29) is 0 Å². The molecule has 106 valence electrons. The Hall–Kier alpha value is -1.02. The van der Waals surface area contributed by atoms with Gasteiger partial charge >= 0.3 is 0 Å². The number of halogens is 2. The molecule has 1 N–H and O–H groups in total. The molecule has 3 heteroatoms. The average Bonchev–Trinajstić information content (AvgIpc) is 2.39. The Bertz CT molecular complexity index is 606. The molecule has 0 aliphatic heterocycles. The number of nitrogens with one attached hydrogen (secondary N) is 1. The average molecular weight is 308 g/mol. The number of benzene rings is 2. The third-order valence-corrected chi connectivity index (χ3v) is 3.79. The third kappa shape index (κ3) is 3.76. The predicted molar refractivity (Wildman–Crippen MR) is 88.6 cm³/mol. The van der Waals surface area contributed by atoms with Crippen LogP contribution in [0.25, 0.3) is 11.1 Å². The quantitative estimate of drug-likeness (QED) is 0.790. The molecule has 0 unspecified atom stereocenters. The first-order valence-electron chi connectivity index (χ1n) is 6.75. The van der Waals surface area contributed by atoms with Gasteiger partial charge in [0.05, 0.1) is 0 Å².